The van der Waals surface area contributed by atoms with Crippen LogP contribution in [-0.4, -0.2) is 341 Å². The molecular weight excluding hydrogens is 1990 g/mol. The molecule has 0 aromatic rings. The number of unbranched alkanes of at least 4 members (excludes halogenated alkanes) is 6. The van der Waals surface area contributed by atoms with E-state index in [2.05, 4.69) is 55.4 Å². The number of nitrogens with zero attached hydrogens (tertiary/aromatic N) is 6. The largest absolute Gasteiger partial charge is 0.377 e. The van der Waals surface area contributed by atoms with Gasteiger partial charge in [-0.2, -0.15) is 0 Å². The van der Waals surface area contributed by atoms with Gasteiger partial charge in [-0.05, 0) is 242 Å². The molecule has 12 atom stereocenters. The van der Waals surface area contributed by atoms with Crippen molar-refractivity contribution in [1.29, 1.82) is 0 Å². The molecule has 0 spiro atoms. The fourth-order valence-corrected chi connectivity index (χ4v) is 23.6. The summed E-state index contributed by atoms with van der Waals surface area (Å²) in [6.07, 6.45) is 23.4. The Labute approximate surface area is 926 Å². The Kier molecular flexibility index (Phi) is 79.4. The monoisotopic (exact) mass is 2210 g/mol. The minimum absolute atomic E-state index is 0.00128. The first kappa shape index (κ1) is 143. The number of likely N-dealkylation sites (tertiary alicyclic amines) is 6. The molecule has 0 radical (unpaired) electrons. The SMILES string of the molecule is CC(C)CCC(=O)N1C[C@H](OC(C)C)C[C@H]1COC(C)C.CC(C)CCCCCCCCCC(=O)CCC(=O)N1C[C@H](OC(C)C)C[C@H]1COC(C)C.CC(C)CCCSSCC(=O)N1C[C@H](OC(C)C)C[C@H]1COC(C)C.CC(C)OC[C@@H]1C[C@@H](OC(C)C)CN1C(=O)CC(=O)C(C)C.CC(C)OC[C@@H]1C[C@@H](OC(C)C)CN1C(=O)CSSC(C)C.CC(C)OC[C@@H]1C[C@@H](OC(C)C)CN1C(=O)CSSCCC(=O)C(C)C. The van der Waals surface area contributed by atoms with Crippen molar-refractivity contribution in [1.82, 2.24) is 29.4 Å². The van der Waals surface area contributed by atoms with Gasteiger partial charge in [0, 0.05) is 100.0 Å². The van der Waals surface area contributed by atoms with Crippen LogP contribution >= 0.6 is 64.8 Å². The number of ether oxygens (including phenoxy) is 12. The highest BCUT2D eigenvalue weighted by atomic mass is 33.1. The van der Waals surface area contributed by atoms with Crippen LogP contribution in [0.1, 0.15) is 397 Å². The van der Waals surface area contributed by atoms with E-state index in [0.717, 1.165) is 81.1 Å². The number of hydrogen-bond donors (Lipinski definition) is 0. The predicted octanol–water partition coefficient (Wildman–Crippen LogP) is 24.0. The third-order valence-electron chi connectivity index (χ3n) is 25.0. The van der Waals surface area contributed by atoms with Crippen LogP contribution < -0.4 is 0 Å². The summed E-state index contributed by atoms with van der Waals surface area (Å²) in [5.41, 5.74) is 0. The lowest BCUT2D eigenvalue weighted by Crippen LogP contribution is -2.40. The van der Waals surface area contributed by atoms with Gasteiger partial charge in [0.15, 0.2) is 0 Å². The second-order valence-corrected chi connectivity index (χ2v) is 54.5. The number of carbonyl (C=O) groups excluding carboxylic acids is 9. The molecule has 148 heavy (non-hydrogen) atoms. The van der Waals surface area contributed by atoms with Crippen molar-refractivity contribution < 1.29 is 100.0 Å². The van der Waals surface area contributed by atoms with Gasteiger partial charge in [0.1, 0.15) is 17.3 Å². The molecule has 27 nitrogen and oxygen atoms in total. The highest BCUT2D eigenvalue weighted by Gasteiger charge is 2.43. The van der Waals surface area contributed by atoms with E-state index in [1.165, 1.54) is 62.2 Å². The Morgan fingerprint density at radius 3 is 0.770 bits per heavy atom. The molecule has 0 aromatic heterocycles. The van der Waals surface area contributed by atoms with Gasteiger partial charge >= 0.3 is 0 Å². The number of rotatable bonds is 67. The second kappa shape index (κ2) is 82.0. The second-order valence-electron chi connectivity index (χ2n) is 46.4. The van der Waals surface area contributed by atoms with Gasteiger partial charge in [-0.15, -0.1) is 0 Å². The Bertz CT molecular complexity index is 3510. The minimum Gasteiger partial charge on any atom is -0.377 e. The van der Waals surface area contributed by atoms with Crippen molar-refractivity contribution in [2.45, 2.75) is 548 Å². The summed E-state index contributed by atoms with van der Waals surface area (Å²) < 4.78 is 70.0. The van der Waals surface area contributed by atoms with Crippen LogP contribution in [0.5, 0.6) is 0 Å². The molecule has 6 aliphatic rings. The summed E-state index contributed by atoms with van der Waals surface area (Å²) in [5, 5.41) is 0.536. The molecule has 33 heteroatoms. The lowest BCUT2D eigenvalue weighted by atomic mass is 10.0. The van der Waals surface area contributed by atoms with E-state index in [-0.39, 0.29) is 217 Å². The number of ketones is 3. The molecule has 0 aromatic carbocycles. The average Bonchev–Trinajstić information content (AvgIpc) is 1.74. The van der Waals surface area contributed by atoms with Gasteiger partial charge in [-0.25, -0.2) is 0 Å². The van der Waals surface area contributed by atoms with Gasteiger partial charge in [-0.3, -0.25) is 43.2 Å². The van der Waals surface area contributed by atoms with Gasteiger partial charge in [0.25, 0.3) is 0 Å². The van der Waals surface area contributed by atoms with Crippen molar-refractivity contribution in [3.05, 3.63) is 0 Å². The maximum atomic E-state index is 12.8. The first-order valence-corrected chi connectivity index (χ1v) is 64.6. The number of carbonyl (C=O) groups is 9. The molecule has 6 aliphatic heterocycles. The molecule has 6 rings (SSSR count). The van der Waals surface area contributed by atoms with Gasteiger partial charge in [0.2, 0.25) is 35.4 Å². The van der Waals surface area contributed by atoms with Crippen LogP contribution in [0, 0.1) is 29.6 Å². The maximum Gasteiger partial charge on any atom is 0.233 e. The Balaban J connectivity index is 0.000000893. The Morgan fingerprint density at radius 1 is 0.236 bits per heavy atom. The van der Waals surface area contributed by atoms with E-state index in [0.29, 0.717) is 139 Å². The first-order chi connectivity index (χ1) is 69.5. The van der Waals surface area contributed by atoms with Crippen LogP contribution in [0.15, 0.2) is 0 Å². The molecule has 0 saturated carbocycles. The third kappa shape index (κ3) is 69.6. The predicted molar refractivity (Wildman–Crippen MR) is 620 cm³/mol. The summed E-state index contributed by atoms with van der Waals surface area (Å²) in [6.45, 7) is 81.0. The molecule has 0 unspecified atom stereocenters. The Hall–Kier alpha value is -2.55. The fourth-order valence-electron chi connectivity index (χ4n) is 17.8. The van der Waals surface area contributed by atoms with E-state index in [9.17, 15) is 43.2 Å². The zero-order valence-electron chi connectivity index (χ0n) is 99.8. The number of amides is 6. The topological polar surface area (TPSA) is 284 Å². The summed E-state index contributed by atoms with van der Waals surface area (Å²) in [4.78, 5) is 123. The lowest BCUT2D eigenvalue weighted by molar-refractivity contribution is -0.139. The van der Waals surface area contributed by atoms with E-state index in [4.69, 9.17) is 56.8 Å². The average molecular weight is 2210 g/mol. The summed E-state index contributed by atoms with van der Waals surface area (Å²) >= 11 is 0. The number of Topliss-reactive ketones (excluding diaryl/α,β-unsaturated/α-hetero) is 3. The minimum atomic E-state index is -0.111. The first-order valence-electron chi connectivity index (χ1n) is 57.2. The normalized spacial score (nSPS) is 21.1. The molecule has 870 valence electrons. The molecule has 6 amide bonds. The third-order valence-corrected chi connectivity index (χ3v) is 32.4. The van der Waals surface area contributed by atoms with Crippen LogP contribution in [0.4, 0.5) is 0 Å². The van der Waals surface area contributed by atoms with Gasteiger partial charge in [-0.1, -0.05) is 199 Å². The van der Waals surface area contributed by atoms with Crippen LogP contribution in [0.3, 0.4) is 0 Å². The molecular formula is C115H218N6O21S6. The van der Waals surface area contributed by atoms with E-state index >= 15 is 0 Å². The number of hydrogen-bond acceptors (Lipinski definition) is 27. The van der Waals surface area contributed by atoms with Crippen molar-refractivity contribution in [3.63, 3.8) is 0 Å². The maximum absolute atomic E-state index is 12.8. The fraction of sp³-hybridized carbons (Fsp3) is 0.922. The molecule has 0 bridgehead atoms. The van der Waals surface area contributed by atoms with Crippen LogP contribution in [-0.2, 0) is 100.0 Å². The van der Waals surface area contributed by atoms with E-state index in [1.54, 1.807) is 48.1 Å². The van der Waals surface area contributed by atoms with Crippen molar-refractivity contribution in [3.8, 4) is 0 Å². The Morgan fingerprint density at radius 2 is 0.493 bits per heavy atom. The summed E-state index contributed by atoms with van der Waals surface area (Å²) in [6, 6.07) is 0.578. The quantitative estimate of drug-likeness (QED) is 0.0310. The highest BCUT2D eigenvalue weighted by Crippen LogP contribution is 2.35. The van der Waals surface area contributed by atoms with Gasteiger partial charge in [0.05, 0.1) is 209 Å². The van der Waals surface area contributed by atoms with Crippen molar-refractivity contribution in [2.24, 2.45) is 29.6 Å². The van der Waals surface area contributed by atoms with Crippen molar-refractivity contribution in [2.75, 3.05) is 108 Å². The molecule has 0 aliphatic carbocycles. The molecule has 6 fully saturated rings. The van der Waals surface area contributed by atoms with E-state index in [1.807, 2.05) is 229 Å². The summed E-state index contributed by atoms with van der Waals surface area (Å²) in [5.74, 6) is 6.71. The molecule has 6 saturated heterocycles. The highest BCUT2D eigenvalue weighted by molar-refractivity contribution is 8.77. The standard InChI is InChI=1S/C27H51NO4.C19H35NO4S2.C19H37NO3S2.C17H31NO4.C17H33NO3.C16H31NO3S2/c1-21(2)14-12-10-8-7-9-11-13-15-25(29)16-17-27(30)28-19-26(32-23(5)6)18-24(28)20-31-22(3)4;1-13(2)18(21)7-8-25-26-12-19(22)20-10-17(24-15(5)6)9-16(20)11-23-14(3)4;1-14(2)8-7-9-24-25-13-19(21)20-11-18(23-16(5)6)10-17(20)12-22-15(3)4;1-11(2)16(19)8-17(20)18-9-15(22-13(5)6)7-14(18)10-21-12(3)4;1-12(2)7-8-17(19)18-10-16(21-14(5)6)9-15(18)11-20-13(3)4;1-11(2)19-9-14-7-15(20-12(3)4)8-17(14)16(18)10-21-22-13(5)6/h21-24,26H,7-20H2,1-6H3;13-17H,7-12H2,1-6H3;14-18H,7-13H2,1-6H3;11-15H,7-10H2,1-6H3;12-16H,7-11H2,1-6H3;11-15H,7-10H2,1-6H3/t24-,26+;16-,17+;17-,18+;14-,15+;15-,16+;14-,15+/m000000/s1. The zero-order valence-corrected chi connectivity index (χ0v) is 105. The lowest BCUT2D eigenvalue weighted by Gasteiger charge is -2.25. The smallest absolute Gasteiger partial charge is 0.233 e. The van der Waals surface area contributed by atoms with Crippen LogP contribution in [0.2, 0.25) is 0 Å². The zero-order chi connectivity index (χ0) is 112. The van der Waals surface area contributed by atoms with Gasteiger partial charge < -0.3 is 86.2 Å². The molecule has 6 heterocycles. The van der Waals surface area contributed by atoms with Crippen LogP contribution in [0.25, 0.3) is 0 Å². The van der Waals surface area contributed by atoms with E-state index < -0.39 is 0 Å². The molecule has 0 N–H and O–H groups in total. The van der Waals surface area contributed by atoms with Crippen molar-refractivity contribution >= 4 is 118 Å². The summed E-state index contributed by atoms with van der Waals surface area (Å²) in [7, 11) is 10.0.